The summed E-state index contributed by atoms with van der Waals surface area (Å²) >= 11 is 6.10. The van der Waals surface area contributed by atoms with Crippen LogP contribution in [0.25, 0.3) is 6.08 Å². The highest BCUT2D eigenvalue weighted by molar-refractivity contribution is 6.30. The number of amides is 2. The molecule has 1 spiro atoms. The maximum Gasteiger partial charge on any atom is 0.247 e. The third-order valence-electron chi connectivity index (χ3n) is 8.58. The summed E-state index contributed by atoms with van der Waals surface area (Å²) in [4.78, 5) is 45.5. The van der Waals surface area contributed by atoms with E-state index in [1.165, 1.54) is 0 Å². The van der Waals surface area contributed by atoms with Crippen molar-refractivity contribution in [2.75, 3.05) is 22.6 Å². The van der Waals surface area contributed by atoms with Crippen molar-refractivity contribution in [1.82, 2.24) is 0 Å². The van der Waals surface area contributed by atoms with E-state index in [2.05, 4.69) is 10.6 Å². The quantitative estimate of drug-likeness (QED) is 0.287. The number of halogens is 1. The Labute approximate surface area is 247 Å². The number of carbonyl (C=O) groups excluding carboxylic acids is 3. The highest BCUT2D eigenvalue weighted by atomic mass is 35.5. The number of ether oxygens (including phenoxy) is 1. The minimum Gasteiger partial charge on any atom is -0.497 e. The molecule has 1 unspecified atom stereocenters. The third kappa shape index (κ3) is 3.77. The van der Waals surface area contributed by atoms with E-state index >= 15 is 0 Å². The second-order valence-electron chi connectivity index (χ2n) is 10.7. The van der Waals surface area contributed by atoms with Gasteiger partial charge in [0, 0.05) is 27.6 Å². The fourth-order valence-electron chi connectivity index (χ4n) is 6.80. The van der Waals surface area contributed by atoms with Crippen molar-refractivity contribution in [1.29, 1.82) is 0 Å². The molecule has 0 bridgehead atoms. The summed E-state index contributed by atoms with van der Waals surface area (Å²) in [6.45, 7) is 0. The topological polar surface area (TPSA) is 87.7 Å². The van der Waals surface area contributed by atoms with Crippen LogP contribution in [0.15, 0.2) is 103 Å². The second-order valence-corrected chi connectivity index (χ2v) is 11.1. The van der Waals surface area contributed by atoms with Gasteiger partial charge in [0.1, 0.15) is 17.2 Å². The van der Waals surface area contributed by atoms with Gasteiger partial charge in [0.2, 0.25) is 11.8 Å². The Balaban J connectivity index is 1.47. The van der Waals surface area contributed by atoms with E-state index in [4.69, 9.17) is 16.3 Å². The summed E-state index contributed by atoms with van der Waals surface area (Å²) in [6.07, 6.45) is 3.93. The van der Waals surface area contributed by atoms with E-state index in [0.29, 0.717) is 33.3 Å². The summed E-state index contributed by atoms with van der Waals surface area (Å²) in [5.74, 6) is -1.48. The molecule has 0 aromatic heterocycles. The predicted molar refractivity (Wildman–Crippen MR) is 163 cm³/mol. The maximum atomic E-state index is 14.8. The number of fused-ring (bicyclic) bond motifs is 6. The number of nitrogens with one attached hydrogen (secondary N) is 2. The first-order valence-electron chi connectivity index (χ1n) is 13.6. The number of hydrogen-bond acceptors (Lipinski definition) is 5. The average Bonchev–Trinajstić information content (AvgIpc) is 3.50. The Bertz CT molecular complexity index is 1770. The van der Waals surface area contributed by atoms with Gasteiger partial charge in [-0.1, -0.05) is 60.2 Å². The lowest BCUT2D eigenvalue weighted by molar-refractivity contribution is -0.122. The van der Waals surface area contributed by atoms with Gasteiger partial charge in [-0.15, -0.1) is 0 Å². The van der Waals surface area contributed by atoms with Crippen molar-refractivity contribution < 1.29 is 19.1 Å². The van der Waals surface area contributed by atoms with Gasteiger partial charge in [-0.05, 0) is 71.8 Å². The summed E-state index contributed by atoms with van der Waals surface area (Å²) in [5, 5.41) is 6.58. The molecule has 3 aliphatic rings. The normalized spacial score (nSPS) is 23.1. The first-order valence-corrected chi connectivity index (χ1v) is 14.0. The lowest BCUT2D eigenvalue weighted by Crippen LogP contribution is -2.51. The minimum absolute atomic E-state index is 0.305. The lowest BCUT2D eigenvalue weighted by atomic mass is 9.64. The molecule has 4 aromatic carbocycles. The van der Waals surface area contributed by atoms with Crippen LogP contribution in [-0.4, -0.2) is 36.8 Å². The summed E-state index contributed by atoms with van der Waals surface area (Å²) < 4.78 is 5.32. The van der Waals surface area contributed by atoms with Crippen LogP contribution in [0.5, 0.6) is 5.75 Å². The van der Waals surface area contributed by atoms with Gasteiger partial charge in [-0.3, -0.25) is 14.4 Å². The highest BCUT2D eigenvalue weighted by Gasteiger charge is 2.70. The zero-order valence-electron chi connectivity index (χ0n) is 22.6. The predicted octanol–water partition coefficient (Wildman–Crippen LogP) is 5.96. The molecular formula is C34H26ClN3O4. The van der Waals surface area contributed by atoms with Gasteiger partial charge in [-0.2, -0.15) is 0 Å². The molecule has 7 rings (SSSR count). The Morgan fingerprint density at radius 2 is 1.64 bits per heavy atom. The largest absolute Gasteiger partial charge is 0.497 e. The number of nitrogens with zero attached hydrogens (tertiary/aromatic N) is 1. The molecule has 4 aromatic rings. The number of methoxy groups -OCH3 is 1. The molecular weight excluding hydrogens is 550 g/mol. The zero-order valence-corrected chi connectivity index (χ0v) is 23.3. The van der Waals surface area contributed by atoms with Crippen molar-refractivity contribution in [2.24, 2.45) is 5.92 Å². The number of rotatable bonds is 5. The number of para-hydroxylation sites is 2. The van der Waals surface area contributed by atoms with Crippen LogP contribution < -0.4 is 20.3 Å². The molecule has 3 aliphatic heterocycles. The van der Waals surface area contributed by atoms with Crippen LogP contribution in [0.2, 0.25) is 5.02 Å². The molecule has 2 amide bonds. The molecule has 3 heterocycles. The van der Waals surface area contributed by atoms with Crippen molar-refractivity contribution in [3.8, 4) is 5.75 Å². The monoisotopic (exact) mass is 575 g/mol. The van der Waals surface area contributed by atoms with Crippen LogP contribution >= 0.6 is 11.6 Å². The molecule has 208 valence electrons. The Morgan fingerprint density at radius 3 is 2.40 bits per heavy atom. The smallest absolute Gasteiger partial charge is 0.247 e. The van der Waals surface area contributed by atoms with Crippen LogP contribution in [0.3, 0.4) is 0 Å². The van der Waals surface area contributed by atoms with Gasteiger partial charge < -0.3 is 20.3 Å². The SMILES string of the molecule is COc1ccc(C(=O)[C@@H]2[C@@H](C(=O)Nc3ccc(Cl)cc3)N3c4ccccc4C=CC3[C@]23C(=O)Nc2ccccc23)cc1. The molecule has 4 atom stereocenters. The summed E-state index contributed by atoms with van der Waals surface area (Å²) in [6, 6.07) is 27.1. The van der Waals surface area contributed by atoms with Gasteiger partial charge in [0.15, 0.2) is 5.78 Å². The number of anilines is 3. The van der Waals surface area contributed by atoms with Crippen LogP contribution in [0, 0.1) is 5.92 Å². The van der Waals surface area contributed by atoms with Crippen molar-refractivity contribution in [3.63, 3.8) is 0 Å². The van der Waals surface area contributed by atoms with Gasteiger partial charge in [0.05, 0.1) is 19.1 Å². The van der Waals surface area contributed by atoms with Crippen molar-refractivity contribution in [2.45, 2.75) is 17.5 Å². The van der Waals surface area contributed by atoms with E-state index < -0.39 is 29.3 Å². The maximum absolute atomic E-state index is 14.8. The van der Waals surface area contributed by atoms with Crippen molar-refractivity contribution in [3.05, 3.63) is 125 Å². The minimum atomic E-state index is -1.38. The number of hydrogen-bond donors (Lipinski definition) is 2. The standard InChI is InChI=1S/C34H26ClN3O4/c1-42-24-17-10-21(11-18-24)31(39)29-30(32(40)36-23-15-13-22(35)14-16-23)38-27-9-5-2-6-20(27)12-19-28(38)34(29)25-7-3-4-8-26(25)37-33(34)41/h2-19,28-30H,1H3,(H,36,40)(H,37,41)/t28?,29-,30-,34-/m0/s1. The van der Waals surface area contributed by atoms with Crippen LogP contribution in [0.4, 0.5) is 17.1 Å². The second kappa shape index (κ2) is 9.89. The van der Waals surface area contributed by atoms with Crippen molar-refractivity contribution >= 4 is 52.3 Å². The van der Waals surface area contributed by atoms with Gasteiger partial charge in [0.25, 0.3) is 0 Å². The van der Waals surface area contributed by atoms with E-state index in [1.54, 1.807) is 55.6 Å². The first kappa shape index (κ1) is 26.0. The van der Waals surface area contributed by atoms with E-state index in [-0.39, 0.29) is 11.7 Å². The number of benzene rings is 4. The van der Waals surface area contributed by atoms with E-state index in [1.807, 2.05) is 65.6 Å². The third-order valence-corrected chi connectivity index (χ3v) is 8.83. The molecule has 8 heteroatoms. The average molecular weight is 576 g/mol. The first-order chi connectivity index (χ1) is 20.4. The molecule has 7 nitrogen and oxygen atoms in total. The summed E-state index contributed by atoms with van der Waals surface area (Å²) in [5.41, 5.74) is 2.57. The van der Waals surface area contributed by atoms with E-state index in [9.17, 15) is 14.4 Å². The molecule has 0 saturated carbocycles. The molecule has 42 heavy (non-hydrogen) atoms. The highest BCUT2D eigenvalue weighted by Crippen LogP contribution is 2.57. The number of ketones is 1. The number of carbonyl (C=O) groups is 3. The molecule has 0 aliphatic carbocycles. The molecule has 1 saturated heterocycles. The summed E-state index contributed by atoms with van der Waals surface area (Å²) in [7, 11) is 1.56. The van der Waals surface area contributed by atoms with Crippen LogP contribution in [0.1, 0.15) is 21.5 Å². The Kier molecular flexibility index (Phi) is 6.13. The molecule has 0 radical (unpaired) electrons. The van der Waals surface area contributed by atoms with E-state index in [0.717, 1.165) is 11.3 Å². The Hall–Kier alpha value is -4.88. The zero-order chi connectivity index (χ0) is 29.0. The van der Waals surface area contributed by atoms with Gasteiger partial charge in [-0.25, -0.2) is 0 Å². The number of Topliss-reactive ketones (excluding diaryl/α,β-unsaturated/α-hetero) is 1. The molecule has 1 fully saturated rings. The molecule has 2 N–H and O–H groups in total. The fraction of sp³-hybridized carbons (Fsp3) is 0.147. The van der Waals surface area contributed by atoms with Gasteiger partial charge >= 0.3 is 0 Å². The Morgan fingerprint density at radius 1 is 0.929 bits per heavy atom. The van der Waals surface area contributed by atoms with Crippen LogP contribution in [-0.2, 0) is 15.0 Å². The lowest BCUT2D eigenvalue weighted by Gasteiger charge is -2.37. The fourth-order valence-corrected chi connectivity index (χ4v) is 6.93.